The van der Waals surface area contributed by atoms with Crippen molar-refractivity contribution < 1.29 is 22.7 Å². The molecule has 2 aromatic carbocycles. The number of methoxy groups -OCH3 is 1. The number of amides is 1. The van der Waals surface area contributed by atoms with Gasteiger partial charge in [0.25, 0.3) is 5.91 Å². The second-order valence-corrected chi connectivity index (χ2v) is 7.94. The van der Waals surface area contributed by atoms with E-state index < -0.39 is 16.1 Å². The lowest BCUT2D eigenvalue weighted by Gasteiger charge is -2.15. The van der Waals surface area contributed by atoms with E-state index in [1.807, 2.05) is 0 Å². The summed E-state index contributed by atoms with van der Waals surface area (Å²) in [7, 11) is -1.99. The number of hydrogen-bond donors (Lipinski definition) is 2. The standard InChI is InChI=1S/C19H24N2O5S/c1-13(2)21-27(23,24)18-11-5-15(6-12-18)20-19(22)14(3)26-17-9-7-16(25-4)8-10-17/h5-14,21H,1-4H3,(H,20,22). The molecule has 2 rings (SSSR count). The quantitative estimate of drug-likeness (QED) is 0.720. The highest BCUT2D eigenvalue weighted by Crippen LogP contribution is 2.19. The van der Waals surface area contributed by atoms with Crippen LogP contribution in [0.4, 0.5) is 5.69 Å². The summed E-state index contributed by atoms with van der Waals surface area (Å²) in [5.74, 6) is 0.892. The number of ether oxygens (including phenoxy) is 2. The molecule has 7 nitrogen and oxygen atoms in total. The lowest BCUT2D eigenvalue weighted by molar-refractivity contribution is -0.122. The molecule has 1 amide bonds. The van der Waals surface area contributed by atoms with Gasteiger partial charge in [-0.2, -0.15) is 0 Å². The Morgan fingerprint density at radius 2 is 1.48 bits per heavy atom. The van der Waals surface area contributed by atoms with Crippen LogP contribution in [0.25, 0.3) is 0 Å². The van der Waals surface area contributed by atoms with E-state index in [0.717, 1.165) is 0 Å². The predicted molar refractivity (Wildman–Crippen MR) is 104 cm³/mol. The normalized spacial score (nSPS) is 12.5. The summed E-state index contributed by atoms with van der Waals surface area (Å²) < 4.78 is 37.4. The zero-order chi connectivity index (χ0) is 20.0. The molecule has 27 heavy (non-hydrogen) atoms. The SMILES string of the molecule is COc1ccc(OC(C)C(=O)Nc2ccc(S(=O)(=O)NC(C)C)cc2)cc1. The molecule has 146 valence electrons. The molecule has 0 aliphatic carbocycles. The molecule has 1 atom stereocenters. The monoisotopic (exact) mass is 392 g/mol. The molecule has 2 N–H and O–H groups in total. The van der Waals surface area contributed by atoms with Gasteiger partial charge in [0.2, 0.25) is 10.0 Å². The molecule has 8 heteroatoms. The maximum atomic E-state index is 12.3. The van der Waals surface area contributed by atoms with Gasteiger partial charge in [-0.1, -0.05) is 0 Å². The summed E-state index contributed by atoms with van der Waals surface area (Å²) in [5.41, 5.74) is 0.480. The number of nitrogens with one attached hydrogen (secondary N) is 2. The van der Waals surface area contributed by atoms with Crippen LogP contribution >= 0.6 is 0 Å². The number of carbonyl (C=O) groups is 1. The van der Waals surface area contributed by atoms with Crippen LogP contribution in [0.3, 0.4) is 0 Å². The van der Waals surface area contributed by atoms with Gasteiger partial charge >= 0.3 is 0 Å². The van der Waals surface area contributed by atoms with Gasteiger partial charge in [0.15, 0.2) is 6.10 Å². The smallest absolute Gasteiger partial charge is 0.265 e. The van der Waals surface area contributed by atoms with Crippen LogP contribution in [0.2, 0.25) is 0 Å². The van der Waals surface area contributed by atoms with Crippen molar-refractivity contribution in [3.8, 4) is 11.5 Å². The predicted octanol–water partition coefficient (Wildman–Crippen LogP) is 2.79. The van der Waals surface area contributed by atoms with Crippen molar-refractivity contribution in [3.05, 3.63) is 48.5 Å². The summed E-state index contributed by atoms with van der Waals surface area (Å²) in [6.07, 6.45) is -0.732. The van der Waals surface area contributed by atoms with E-state index in [2.05, 4.69) is 10.0 Å². The maximum Gasteiger partial charge on any atom is 0.265 e. The van der Waals surface area contributed by atoms with Crippen LogP contribution in [0.15, 0.2) is 53.4 Å². The van der Waals surface area contributed by atoms with E-state index in [0.29, 0.717) is 17.2 Å². The highest BCUT2D eigenvalue weighted by molar-refractivity contribution is 7.89. The van der Waals surface area contributed by atoms with Crippen molar-refractivity contribution in [3.63, 3.8) is 0 Å². The van der Waals surface area contributed by atoms with Gasteiger partial charge in [-0.15, -0.1) is 0 Å². The lowest BCUT2D eigenvalue weighted by Crippen LogP contribution is -2.31. The van der Waals surface area contributed by atoms with E-state index in [9.17, 15) is 13.2 Å². The molecule has 1 unspecified atom stereocenters. The van der Waals surface area contributed by atoms with Gasteiger partial charge in [-0.05, 0) is 69.3 Å². The Morgan fingerprint density at radius 1 is 0.926 bits per heavy atom. The Labute approximate surface area is 159 Å². The number of benzene rings is 2. The first-order valence-electron chi connectivity index (χ1n) is 8.45. The average molecular weight is 392 g/mol. The molecule has 0 fully saturated rings. The van der Waals surface area contributed by atoms with Gasteiger partial charge < -0.3 is 14.8 Å². The van der Waals surface area contributed by atoms with Crippen LogP contribution in [0.5, 0.6) is 11.5 Å². The topological polar surface area (TPSA) is 93.7 Å². The van der Waals surface area contributed by atoms with Crippen molar-refractivity contribution in [2.24, 2.45) is 0 Å². The van der Waals surface area contributed by atoms with E-state index in [1.165, 1.54) is 24.3 Å². The highest BCUT2D eigenvalue weighted by Gasteiger charge is 2.17. The number of hydrogen-bond acceptors (Lipinski definition) is 5. The molecule has 0 aliphatic rings. The third-order valence-corrected chi connectivity index (χ3v) is 5.24. The summed E-state index contributed by atoms with van der Waals surface area (Å²) in [6, 6.07) is 12.7. The molecule has 0 saturated carbocycles. The second-order valence-electron chi connectivity index (χ2n) is 6.23. The number of carbonyl (C=O) groups excluding carboxylic acids is 1. The highest BCUT2D eigenvalue weighted by atomic mass is 32.2. The first-order valence-corrected chi connectivity index (χ1v) is 9.93. The summed E-state index contributed by atoms with van der Waals surface area (Å²) in [6.45, 7) is 5.12. The Kier molecular flexibility index (Phi) is 6.81. The first kappa shape index (κ1) is 20.7. The molecule has 0 radical (unpaired) electrons. The molecule has 0 spiro atoms. The molecule has 0 aliphatic heterocycles. The number of anilines is 1. The summed E-state index contributed by atoms with van der Waals surface area (Å²) in [5, 5.41) is 2.70. The molecular formula is C19H24N2O5S. The lowest BCUT2D eigenvalue weighted by atomic mass is 10.3. The third-order valence-electron chi connectivity index (χ3n) is 3.56. The molecule has 0 heterocycles. The molecule has 0 saturated heterocycles. The van der Waals surface area contributed by atoms with Crippen molar-refractivity contribution >= 4 is 21.6 Å². The fourth-order valence-corrected chi connectivity index (χ4v) is 3.50. The Hall–Kier alpha value is -2.58. The van der Waals surface area contributed by atoms with E-state index in [1.54, 1.807) is 52.1 Å². The van der Waals surface area contributed by atoms with Gasteiger partial charge in [0.1, 0.15) is 11.5 Å². The van der Waals surface area contributed by atoms with Crippen molar-refractivity contribution in [2.45, 2.75) is 37.8 Å². The maximum absolute atomic E-state index is 12.3. The average Bonchev–Trinajstić information content (AvgIpc) is 2.61. The van der Waals surface area contributed by atoms with Crippen molar-refractivity contribution in [1.29, 1.82) is 0 Å². The fourth-order valence-electron chi connectivity index (χ4n) is 2.25. The fraction of sp³-hybridized carbons (Fsp3) is 0.316. The Bertz CT molecular complexity index is 862. The van der Waals surface area contributed by atoms with Gasteiger partial charge in [-0.3, -0.25) is 4.79 Å². The van der Waals surface area contributed by atoms with Gasteiger partial charge in [0.05, 0.1) is 12.0 Å². The zero-order valence-corrected chi connectivity index (χ0v) is 16.5. The Balaban J connectivity index is 1.98. The molecule has 0 bridgehead atoms. The van der Waals surface area contributed by atoms with Crippen LogP contribution in [-0.4, -0.2) is 33.6 Å². The van der Waals surface area contributed by atoms with Gasteiger partial charge in [-0.25, -0.2) is 13.1 Å². The zero-order valence-electron chi connectivity index (χ0n) is 15.7. The van der Waals surface area contributed by atoms with Crippen LogP contribution < -0.4 is 19.5 Å². The van der Waals surface area contributed by atoms with Crippen molar-refractivity contribution in [2.75, 3.05) is 12.4 Å². The first-order chi connectivity index (χ1) is 12.7. The minimum absolute atomic E-state index is 0.136. The molecular weight excluding hydrogens is 368 g/mol. The van der Waals surface area contributed by atoms with E-state index in [-0.39, 0.29) is 16.8 Å². The van der Waals surface area contributed by atoms with E-state index >= 15 is 0 Å². The largest absolute Gasteiger partial charge is 0.497 e. The second kappa shape index (κ2) is 8.88. The molecule has 2 aromatic rings. The third kappa shape index (κ3) is 5.97. The summed E-state index contributed by atoms with van der Waals surface area (Å²) >= 11 is 0. The van der Waals surface area contributed by atoms with Gasteiger partial charge in [0, 0.05) is 11.7 Å². The number of rotatable bonds is 8. The minimum atomic E-state index is -3.57. The van der Waals surface area contributed by atoms with Crippen LogP contribution in [0, 0.1) is 0 Å². The minimum Gasteiger partial charge on any atom is -0.497 e. The van der Waals surface area contributed by atoms with Crippen LogP contribution in [-0.2, 0) is 14.8 Å². The number of sulfonamides is 1. The summed E-state index contributed by atoms with van der Waals surface area (Å²) in [4.78, 5) is 12.4. The van der Waals surface area contributed by atoms with Crippen LogP contribution in [0.1, 0.15) is 20.8 Å². The Morgan fingerprint density at radius 3 is 2.00 bits per heavy atom. The van der Waals surface area contributed by atoms with Crippen molar-refractivity contribution in [1.82, 2.24) is 4.72 Å². The van der Waals surface area contributed by atoms with E-state index in [4.69, 9.17) is 9.47 Å². The molecule has 0 aromatic heterocycles.